The summed E-state index contributed by atoms with van der Waals surface area (Å²) in [4.78, 5) is 24.1. The molecule has 0 aliphatic carbocycles. The molecule has 1 atom stereocenters. The lowest BCUT2D eigenvalue weighted by atomic mass is 10.1. The molecule has 0 rings (SSSR count). The Morgan fingerprint density at radius 2 is 1.02 bits per heavy atom. The highest BCUT2D eigenvalue weighted by molar-refractivity contribution is 5.70. The van der Waals surface area contributed by atoms with Crippen molar-refractivity contribution in [2.45, 2.75) is 161 Å². The van der Waals surface area contributed by atoms with Gasteiger partial charge in [0.05, 0.1) is 6.61 Å². The van der Waals surface area contributed by atoms with Crippen molar-refractivity contribution in [2.24, 2.45) is 0 Å². The van der Waals surface area contributed by atoms with Crippen LogP contribution in [0.25, 0.3) is 0 Å². The van der Waals surface area contributed by atoms with Crippen LogP contribution in [0.4, 0.5) is 0 Å². The Morgan fingerprint density at radius 1 is 0.575 bits per heavy atom. The van der Waals surface area contributed by atoms with E-state index in [4.69, 9.17) is 9.47 Å². The van der Waals surface area contributed by atoms with Gasteiger partial charge in [0.1, 0.15) is 6.61 Å². The molecular formula is C35H62O5. The van der Waals surface area contributed by atoms with Crippen LogP contribution >= 0.6 is 0 Å². The number of ether oxygens (including phenoxy) is 2. The first kappa shape index (κ1) is 38.1. The van der Waals surface area contributed by atoms with Gasteiger partial charge in [0, 0.05) is 12.8 Å². The summed E-state index contributed by atoms with van der Waals surface area (Å²) >= 11 is 0. The second-order valence-electron chi connectivity index (χ2n) is 10.9. The Hall–Kier alpha value is -1.88. The number of carbonyl (C=O) groups is 2. The Balaban J connectivity index is 3.63. The molecule has 232 valence electrons. The molecule has 0 spiro atoms. The highest BCUT2D eigenvalue weighted by Crippen LogP contribution is 2.11. The molecule has 0 heterocycles. The molecule has 0 aliphatic rings. The lowest BCUT2D eigenvalue weighted by molar-refractivity contribution is -0.161. The standard InChI is InChI=1S/C35H62O5/c1-3-5-7-9-11-13-15-16-17-18-20-21-23-25-27-29-34(37)39-32-33(31-36)40-35(38)30-28-26-24-22-19-14-12-10-8-6-4-2/h10-13,16-17,33,36H,3-9,14-15,18-32H2,1-2H3/t33-/m0/s1. The van der Waals surface area contributed by atoms with Crippen molar-refractivity contribution in [3.8, 4) is 0 Å². The summed E-state index contributed by atoms with van der Waals surface area (Å²) in [6.45, 7) is 4.03. The number of hydrogen-bond donors (Lipinski definition) is 1. The van der Waals surface area contributed by atoms with Crippen LogP contribution in [0, 0.1) is 0 Å². The molecular weight excluding hydrogens is 500 g/mol. The number of rotatable bonds is 29. The minimum Gasteiger partial charge on any atom is -0.462 e. The summed E-state index contributed by atoms with van der Waals surface area (Å²) in [6, 6.07) is 0. The van der Waals surface area contributed by atoms with Gasteiger partial charge in [-0.25, -0.2) is 0 Å². The van der Waals surface area contributed by atoms with E-state index in [1.54, 1.807) is 0 Å². The van der Waals surface area contributed by atoms with Gasteiger partial charge in [-0.05, 0) is 64.2 Å². The molecule has 0 aromatic carbocycles. The molecule has 1 N–H and O–H groups in total. The number of hydrogen-bond acceptors (Lipinski definition) is 5. The molecule has 0 unspecified atom stereocenters. The van der Waals surface area contributed by atoms with Crippen molar-refractivity contribution < 1.29 is 24.2 Å². The molecule has 0 aromatic heterocycles. The molecule has 0 aliphatic heterocycles. The fourth-order valence-electron chi connectivity index (χ4n) is 4.33. The third-order valence-corrected chi connectivity index (χ3v) is 6.91. The van der Waals surface area contributed by atoms with Crippen molar-refractivity contribution in [3.05, 3.63) is 36.5 Å². The van der Waals surface area contributed by atoms with Crippen LogP contribution in [0.2, 0.25) is 0 Å². The minimum absolute atomic E-state index is 0.0763. The summed E-state index contributed by atoms with van der Waals surface area (Å²) in [5.41, 5.74) is 0. The molecule has 0 bridgehead atoms. The average molecular weight is 563 g/mol. The first-order valence-corrected chi connectivity index (χ1v) is 16.5. The van der Waals surface area contributed by atoms with Gasteiger partial charge >= 0.3 is 11.9 Å². The molecule has 0 amide bonds. The molecule has 5 nitrogen and oxygen atoms in total. The topological polar surface area (TPSA) is 72.8 Å². The third kappa shape index (κ3) is 29.1. The van der Waals surface area contributed by atoms with Crippen LogP contribution < -0.4 is 0 Å². The Morgan fingerprint density at radius 3 is 1.57 bits per heavy atom. The largest absolute Gasteiger partial charge is 0.462 e. The third-order valence-electron chi connectivity index (χ3n) is 6.91. The van der Waals surface area contributed by atoms with Crippen LogP contribution in [-0.2, 0) is 19.1 Å². The summed E-state index contributed by atoms with van der Waals surface area (Å²) in [5.74, 6) is -0.622. The number of unbranched alkanes of at least 4 members (excludes halogenated alkanes) is 15. The van der Waals surface area contributed by atoms with Gasteiger partial charge in [0.2, 0.25) is 0 Å². The predicted molar refractivity (Wildman–Crippen MR) is 168 cm³/mol. The number of aliphatic hydroxyl groups excluding tert-OH is 1. The van der Waals surface area contributed by atoms with E-state index in [-0.39, 0.29) is 25.2 Å². The van der Waals surface area contributed by atoms with E-state index in [9.17, 15) is 14.7 Å². The maximum absolute atomic E-state index is 12.1. The zero-order valence-corrected chi connectivity index (χ0v) is 26.1. The van der Waals surface area contributed by atoms with Gasteiger partial charge in [-0.1, -0.05) is 115 Å². The summed E-state index contributed by atoms with van der Waals surface area (Å²) in [6.07, 6.45) is 36.2. The predicted octanol–water partition coefficient (Wildman–Crippen LogP) is 9.72. The van der Waals surface area contributed by atoms with Crippen molar-refractivity contribution in [1.29, 1.82) is 0 Å². The minimum atomic E-state index is -0.777. The second kappa shape index (κ2) is 31.6. The van der Waals surface area contributed by atoms with E-state index >= 15 is 0 Å². The van der Waals surface area contributed by atoms with E-state index in [0.29, 0.717) is 12.8 Å². The number of aliphatic hydroxyl groups is 1. The SMILES string of the molecule is CCCCC=CCCCCCCCC(=O)O[C@@H](CO)COC(=O)CCCCCCCC=CCC=CCCCCC. The van der Waals surface area contributed by atoms with Crippen molar-refractivity contribution in [3.63, 3.8) is 0 Å². The van der Waals surface area contributed by atoms with Gasteiger partial charge in [-0.3, -0.25) is 9.59 Å². The average Bonchev–Trinajstić information content (AvgIpc) is 2.96. The van der Waals surface area contributed by atoms with Gasteiger partial charge in [0.25, 0.3) is 0 Å². The summed E-state index contributed by atoms with van der Waals surface area (Å²) in [5, 5.41) is 9.48. The highest BCUT2D eigenvalue weighted by atomic mass is 16.6. The van der Waals surface area contributed by atoms with Crippen molar-refractivity contribution in [1.82, 2.24) is 0 Å². The van der Waals surface area contributed by atoms with Crippen LogP contribution in [0.5, 0.6) is 0 Å². The molecule has 5 heteroatoms. The van der Waals surface area contributed by atoms with Crippen molar-refractivity contribution in [2.75, 3.05) is 13.2 Å². The fraction of sp³-hybridized carbons (Fsp3) is 0.771. The van der Waals surface area contributed by atoms with Gasteiger partial charge in [0.15, 0.2) is 6.10 Å². The smallest absolute Gasteiger partial charge is 0.306 e. The first-order chi connectivity index (χ1) is 19.6. The van der Waals surface area contributed by atoms with E-state index in [1.807, 2.05) is 0 Å². The van der Waals surface area contributed by atoms with Crippen LogP contribution in [0.3, 0.4) is 0 Å². The number of allylic oxidation sites excluding steroid dienone is 6. The lowest BCUT2D eigenvalue weighted by Crippen LogP contribution is -2.28. The maximum atomic E-state index is 12.1. The van der Waals surface area contributed by atoms with Crippen LogP contribution in [0.1, 0.15) is 155 Å². The lowest BCUT2D eigenvalue weighted by Gasteiger charge is -2.15. The first-order valence-electron chi connectivity index (χ1n) is 16.5. The molecule has 0 saturated heterocycles. The van der Waals surface area contributed by atoms with Gasteiger partial charge in [-0.15, -0.1) is 0 Å². The van der Waals surface area contributed by atoms with Crippen molar-refractivity contribution >= 4 is 11.9 Å². The van der Waals surface area contributed by atoms with Crippen LogP contribution in [-0.4, -0.2) is 36.4 Å². The molecule has 0 radical (unpaired) electrons. The monoisotopic (exact) mass is 562 g/mol. The Kier molecular flexibility index (Phi) is 30.2. The van der Waals surface area contributed by atoms with Gasteiger partial charge < -0.3 is 14.6 Å². The quantitative estimate of drug-likeness (QED) is 0.0558. The summed E-state index contributed by atoms with van der Waals surface area (Å²) < 4.78 is 10.5. The second-order valence-corrected chi connectivity index (χ2v) is 10.9. The maximum Gasteiger partial charge on any atom is 0.306 e. The fourth-order valence-corrected chi connectivity index (χ4v) is 4.33. The Labute approximate surface area is 246 Å². The van der Waals surface area contributed by atoms with E-state index in [0.717, 1.165) is 57.8 Å². The Bertz CT molecular complexity index is 652. The summed E-state index contributed by atoms with van der Waals surface area (Å²) in [7, 11) is 0. The van der Waals surface area contributed by atoms with Gasteiger partial charge in [-0.2, -0.15) is 0 Å². The zero-order chi connectivity index (χ0) is 29.4. The molecule has 0 aromatic rings. The molecule has 40 heavy (non-hydrogen) atoms. The van der Waals surface area contributed by atoms with E-state index in [1.165, 1.54) is 70.6 Å². The number of carbonyl (C=O) groups excluding carboxylic acids is 2. The zero-order valence-electron chi connectivity index (χ0n) is 26.1. The molecule has 0 fully saturated rings. The van der Waals surface area contributed by atoms with E-state index < -0.39 is 6.10 Å². The molecule has 0 saturated carbocycles. The van der Waals surface area contributed by atoms with E-state index in [2.05, 4.69) is 50.3 Å². The highest BCUT2D eigenvalue weighted by Gasteiger charge is 2.16. The normalized spacial score (nSPS) is 12.6. The number of esters is 2. The van der Waals surface area contributed by atoms with Crippen LogP contribution in [0.15, 0.2) is 36.5 Å².